The molecule has 3 heterocycles. The van der Waals surface area contributed by atoms with Crippen LogP contribution in [0.4, 0.5) is 0 Å². The van der Waals surface area contributed by atoms with Crippen molar-refractivity contribution < 1.29 is 4.79 Å². The number of likely N-dealkylation sites (tertiary alicyclic amines) is 2. The zero-order valence-electron chi connectivity index (χ0n) is 13.4. The molecule has 0 saturated carbocycles. The van der Waals surface area contributed by atoms with Crippen LogP contribution in [0.25, 0.3) is 10.2 Å². The molecular weight excluding hydrogens is 306 g/mol. The highest BCUT2D eigenvalue weighted by Gasteiger charge is 2.30. The van der Waals surface area contributed by atoms with Gasteiger partial charge in [0.1, 0.15) is 5.01 Å². The van der Waals surface area contributed by atoms with E-state index >= 15 is 0 Å². The Kier molecular flexibility index (Phi) is 4.31. The second kappa shape index (κ2) is 6.57. The van der Waals surface area contributed by atoms with Gasteiger partial charge >= 0.3 is 0 Å². The standard InChI is InChI=1S/C18H23N3OS/c22-17(20-10-5-6-11-20)13-21-12-4-3-8-15(21)18-19-14-7-1-2-9-16(14)23-18/h1-2,7,9,15H,3-6,8,10-13H2. The second-order valence-electron chi connectivity index (χ2n) is 6.59. The summed E-state index contributed by atoms with van der Waals surface area (Å²) >= 11 is 1.79. The molecule has 2 aliphatic heterocycles. The molecule has 4 nitrogen and oxygen atoms in total. The van der Waals surface area contributed by atoms with Gasteiger partial charge in [-0.2, -0.15) is 0 Å². The first-order valence-electron chi connectivity index (χ1n) is 8.68. The largest absolute Gasteiger partial charge is 0.342 e. The Labute approximate surface area is 141 Å². The molecule has 4 rings (SSSR count). The normalized spacial score (nSPS) is 22.8. The summed E-state index contributed by atoms with van der Waals surface area (Å²) in [6.07, 6.45) is 5.86. The zero-order chi connectivity index (χ0) is 15.6. The SMILES string of the molecule is O=C(CN1CCCCC1c1nc2ccccc2s1)N1CCCC1. The topological polar surface area (TPSA) is 36.4 Å². The van der Waals surface area contributed by atoms with Crippen LogP contribution in [0.2, 0.25) is 0 Å². The van der Waals surface area contributed by atoms with E-state index in [4.69, 9.17) is 4.98 Å². The van der Waals surface area contributed by atoms with Gasteiger partial charge in [0.25, 0.3) is 0 Å². The fourth-order valence-corrected chi connectivity index (χ4v) is 4.87. The van der Waals surface area contributed by atoms with Crippen LogP contribution in [0.1, 0.15) is 43.2 Å². The molecule has 122 valence electrons. The first-order chi connectivity index (χ1) is 11.3. The summed E-state index contributed by atoms with van der Waals surface area (Å²) < 4.78 is 1.25. The lowest BCUT2D eigenvalue weighted by atomic mass is 10.0. The molecule has 0 radical (unpaired) electrons. The number of carbonyl (C=O) groups excluding carboxylic acids is 1. The van der Waals surface area contributed by atoms with Crippen molar-refractivity contribution in [3.05, 3.63) is 29.3 Å². The molecule has 1 atom stereocenters. The van der Waals surface area contributed by atoms with Crippen molar-refractivity contribution in [2.75, 3.05) is 26.2 Å². The smallest absolute Gasteiger partial charge is 0.236 e. The van der Waals surface area contributed by atoms with Gasteiger partial charge < -0.3 is 4.90 Å². The molecule has 1 aromatic carbocycles. The van der Waals surface area contributed by atoms with Gasteiger partial charge in [-0.15, -0.1) is 11.3 Å². The Hall–Kier alpha value is -1.46. The van der Waals surface area contributed by atoms with Crippen molar-refractivity contribution in [2.45, 2.75) is 38.1 Å². The number of fused-ring (bicyclic) bond motifs is 1. The van der Waals surface area contributed by atoms with E-state index < -0.39 is 0 Å². The van der Waals surface area contributed by atoms with Gasteiger partial charge in [0.2, 0.25) is 5.91 Å². The van der Waals surface area contributed by atoms with Crippen molar-refractivity contribution in [3.63, 3.8) is 0 Å². The first-order valence-corrected chi connectivity index (χ1v) is 9.50. The highest BCUT2D eigenvalue weighted by atomic mass is 32.1. The molecule has 0 aliphatic carbocycles. The van der Waals surface area contributed by atoms with Gasteiger partial charge in [-0.3, -0.25) is 9.69 Å². The molecule has 1 amide bonds. The van der Waals surface area contributed by atoms with Crippen LogP contribution in [-0.2, 0) is 4.79 Å². The van der Waals surface area contributed by atoms with Crippen LogP contribution in [0.5, 0.6) is 0 Å². The second-order valence-corrected chi connectivity index (χ2v) is 7.65. The van der Waals surface area contributed by atoms with Gasteiger partial charge in [-0.05, 0) is 44.4 Å². The van der Waals surface area contributed by atoms with Gasteiger partial charge in [-0.25, -0.2) is 4.98 Å². The third-order valence-electron chi connectivity index (χ3n) is 5.01. The number of hydrogen-bond donors (Lipinski definition) is 0. The van der Waals surface area contributed by atoms with Crippen molar-refractivity contribution in [1.82, 2.24) is 14.8 Å². The van der Waals surface area contributed by atoms with Gasteiger partial charge in [0.15, 0.2) is 0 Å². The number of thiazole rings is 1. The Morgan fingerprint density at radius 2 is 1.91 bits per heavy atom. The average Bonchev–Trinajstić information content (AvgIpc) is 3.25. The molecule has 1 unspecified atom stereocenters. The van der Waals surface area contributed by atoms with Crippen LogP contribution >= 0.6 is 11.3 Å². The quantitative estimate of drug-likeness (QED) is 0.865. The molecule has 0 bridgehead atoms. The van der Waals surface area contributed by atoms with Crippen molar-refractivity contribution >= 4 is 27.5 Å². The molecule has 0 spiro atoms. The molecule has 1 aromatic heterocycles. The molecule has 5 heteroatoms. The minimum Gasteiger partial charge on any atom is -0.342 e. The zero-order valence-corrected chi connectivity index (χ0v) is 14.2. The van der Waals surface area contributed by atoms with Crippen LogP contribution < -0.4 is 0 Å². The van der Waals surface area contributed by atoms with Crippen LogP contribution in [0, 0.1) is 0 Å². The van der Waals surface area contributed by atoms with Crippen LogP contribution in [0.3, 0.4) is 0 Å². The highest BCUT2D eigenvalue weighted by molar-refractivity contribution is 7.18. The van der Waals surface area contributed by atoms with Crippen molar-refractivity contribution in [3.8, 4) is 0 Å². The number of aromatic nitrogens is 1. The fourth-order valence-electron chi connectivity index (χ4n) is 3.73. The first kappa shape index (κ1) is 15.1. The highest BCUT2D eigenvalue weighted by Crippen LogP contribution is 2.35. The average molecular weight is 329 g/mol. The van der Waals surface area contributed by atoms with E-state index in [1.165, 1.54) is 22.5 Å². The summed E-state index contributed by atoms with van der Waals surface area (Å²) in [5.41, 5.74) is 1.09. The number of nitrogens with zero attached hydrogens (tertiary/aromatic N) is 3. The summed E-state index contributed by atoms with van der Waals surface area (Å²) in [5, 5.41) is 1.18. The molecule has 2 aromatic rings. The van der Waals surface area contributed by atoms with Gasteiger partial charge in [0, 0.05) is 13.1 Å². The van der Waals surface area contributed by atoms with E-state index in [-0.39, 0.29) is 0 Å². The lowest BCUT2D eigenvalue weighted by Gasteiger charge is -2.34. The third-order valence-corrected chi connectivity index (χ3v) is 6.14. The molecule has 0 N–H and O–H groups in total. The minimum absolute atomic E-state index is 0.301. The minimum atomic E-state index is 0.301. The summed E-state index contributed by atoms with van der Waals surface area (Å²) in [6.45, 7) is 3.46. The molecule has 23 heavy (non-hydrogen) atoms. The Morgan fingerprint density at radius 3 is 2.74 bits per heavy atom. The van der Waals surface area contributed by atoms with E-state index in [2.05, 4.69) is 23.1 Å². The summed E-state index contributed by atoms with van der Waals surface area (Å²) in [6, 6.07) is 8.64. The number of carbonyl (C=O) groups is 1. The Morgan fingerprint density at radius 1 is 1.13 bits per heavy atom. The molecule has 2 fully saturated rings. The van der Waals surface area contributed by atoms with Crippen LogP contribution in [0.15, 0.2) is 24.3 Å². The summed E-state index contributed by atoms with van der Waals surface area (Å²) in [5.74, 6) is 0.301. The Bertz CT molecular complexity index is 659. The van der Waals surface area contributed by atoms with E-state index in [1.54, 1.807) is 11.3 Å². The lowest BCUT2D eigenvalue weighted by molar-refractivity contribution is -0.132. The molecular formula is C18H23N3OS. The van der Waals surface area contributed by atoms with E-state index in [0.29, 0.717) is 18.5 Å². The van der Waals surface area contributed by atoms with Gasteiger partial charge in [0.05, 0.1) is 22.8 Å². The molecule has 2 aliphatic rings. The maximum atomic E-state index is 12.5. The van der Waals surface area contributed by atoms with E-state index in [9.17, 15) is 4.79 Å². The lowest BCUT2D eigenvalue weighted by Crippen LogP contribution is -2.42. The van der Waals surface area contributed by atoms with Crippen LogP contribution in [-0.4, -0.2) is 46.9 Å². The van der Waals surface area contributed by atoms with E-state index in [1.807, 2.05) is 11.0 Å². The Balaban J connectivity index is 1.53. The number of benzene rings is 1. The summed E-state index contributed by atoms with van der Waals surface area (Å²) in [4.78, 5) is 21.8. The molecule has 2 saturated heterocycles. The predicted molar refractivity (Wildman–Crippen MR) is 93.6 cm³/mol. The third kappa shape index (κ3) is 3.12. The maximum Gasteiger partial charge on any atom is 0.236 e. The van der Waals surface area contributed by atoms with Crippen molar-refractivity contribution in [1.29, 1.82) is 0 Å². The predicted octanol–water partition coefficient (Wildman–Crippen LogP) is 3.45. The van der Waals surface area contributed by atoms with E-state index in [0.717, 1.165) is 44.4 Å². The fraction of sp³-hybridized carbons (Fsp3) is 0.556. The number of hydrogen-bond acceptors (Lipinski definition) is 4. The number of amides is 1. The number of piperidine rings is 1. The van der Waals surface area contributed by atoms with Crippen molar-refractivity contribution in [2.24, 2.45) is 0 Å². The maximum absolute atomic E-state index is 12.5. The van der Waals surface area contributed by atoms with Gasteiger partial charge in [-0.1, -0.05) is 18.6 Å². The number of para-hydroxylation sites is 1. The monoisotopic (exact) mass is 329 g/mol. The summed E-state index contributed by atoms with van der Waals surface area (Å²) in [7, 11) is 0. The number of rotatable bonds is 3.